The van der Waals surface area contributed by atoms with Crippen molar-refractivity contribution < 1.29 is 5.11 Å². The molecule has 0 amide bonds. The highest BCUT2D eigenvalue weighted by Crippen LogP contribution is 2.09. The second-order valence-electron chi connectivity index (χ2n) is 2.60. The number of hydrogen-bond acceptors (Lipinski definition) is 2. The Kier molecular flexibility index (Phi) is 4.72. The molecule has 0 bridgehead atoms. The Hall–Kier alpha value is -0.730. The van der Waals surface area contributed by atoms with Gasteiger partial charge in [0, 0.05) is 18.1 Å². The van der Waals surface area contributed by atoms with E-state index in [9.17, 15) is 0 Å². The molecule has 58 valence electrons. The van der Waals surface area contributed by atoms with Crippen LogP contribution in [-0.2, 0) is 0 Å². The van der Waals surface area contributed by atoms with Gasteiger partial charge in [-0.2, -0.15) is 0 Å². The summed E-state index contributed by atoms with van der Waals surface area (Å²) in [5.74, 6) is 0.478. The van der Waals surface area contributed by atoms with E-state index in [1.165, 1.54) is 0 Å². The average Bonchev–Trinajstić information content (AvgIpc) is 1.89. The van der Waals surface area contributed by atoms with Crippen molar-refractivity contribution in [2.45, 2.75) is 13.8 Å². The molecule has 10 heavy (non-hydrogen) atoms. The first-order valence-corrected chi connectivity index (χ1v) is 3.34. The van der Waals surface area contributed by atoms with Gasteiger partial charge < -0.3 is 5.11 Å². The van der Waals surface area contributed by atoms with Crippen molar-refractivity contribution in [3.63, 3.8) is 0 Å². The molecule has 0 saturated heterocycles. The van der Waals surface area contributed by atoms with Gasteiger partial charge >= 0.3 is 0 Å². The molecule has 0 unspecified atom stereocenters. The quantitative estimate of drug-likeness (QED) is 0.362. The molecule has 0 aromatic carbocycles. The maximum absolute atomic E-state index is 8.74. The topological polar surface area (TPSA) is 69.0 Å². The minimum absolute atomic E-state index is 0.0939. The first-order chi connectivity index (χ1) is 4.72. The lowest BCUT2D eigenvalue weighted by Gasteiger charge is -2.14. The molecule has 0 aromatic heterocycles. The third-order valence-electron chi connectivity index (χ3n) is 1.56. The fourth-order valence-electron chi connectivity index (χ4n) is 0.621. The van der Waals surface area contributed by atoms with Crippen LogP contribution in [-0.4, -0.2) is 18.3 Å². The molecule has 4 nitrogen and oxygen atoms in total. The van der Waals surface area contributed by atoms with Crippen molar-refractivity contribution in [1.29, 1.82) is 0 Å². The molecular formula is C6H13N3O. The smallest absolute Gasteiger partial charge is 0.0463 e. The summed E-state index contributed by atoms with van der Waals surface area (Å²) in [5, 5.41) is 12.1. The lowest BCUT2D eigenvalue weighted by molar-refractivity contribution is 0.195. The van der Waals surface area contributed by atoms with Gasteiger partial charge in [0.15, 0.2) is 0 Å². The SMILES string of the molecule is CC(C)[C@@H](CO)CN=[N+]=[N-]. The first kappa shape index (κ1) is 9.27. The zero-order valence-electron chi connectivity index (χ0n) is 6.36. The molecule has 0 heterocycles. The summed E-state index contributed by atoms with van der Waals surface area (Å²) in [6.45, 7) is 4.48. The molecule has 0 fully saturated rings. The molecule has 0 aliphatic heterocycles. The molecular weight excluding hydrogens is 130 g/mol. The zero-order valence-corrected chi connectivity index (χ0v) is 6.36. The molecule has 0 spiro atoms. The van der Waals surface area contributed by atoms with E-state index in [1.54, 1.807) is 0 Å². The van der Waals surface area contributed by atoms with E-state index in [1.807, 2.05) is 13.8 Å². The Morgan fingerprint density at radius 2 is 2.20 bits per heavy atom. The van der Waals surface area contributed by atoms with Crippen molar-refractivity contribution in [3.8, 4) is 0 Å². The largest absolute Gasteiger partial charge is 0.396 e. The van der Waals surface area contributed by atoms with Crippen LogP contribution < -0.4 is 0 Å². The van der Waals surface area contributed by atoms with E-state index in [2.05, 4.69) is 10.0 Å². The molecule has 0 aliphatic carbocycles. The van der Waals surface area contributed by atoms with Crippen LogP contribution >= 0.6 is 0 Å². The maximum Gasteiger partial charge on any atom is 0.0463 e. The summed E-state index contributed by atoms with van der Waals surface area (Å²) in [6, 6.07) is 0. The monoisotopic (exact) mass is 143 g/mol. The van der Waals surface area contributed by atoms with E-state index < -0.39 is 0 Å². The van der Waals surface area contributed by atoms with Crippen molar-refractivity contribution in [2.24, 2.45) is 17.0 Å². The fraction of sp³-hybridized carbons (Fsp3) is 1.00. The second kappa shape index (κ2) is 5.09. The summed E-state index contributed by atoms with van der Waals surface area (Å²) < 4.78 is 0. The van der Waals surface area contributed by atoms with Gasteiger partial charge in [0.05, 0.1) is 0 Å². The Morgan fingerprint density at radius 1 is 1.60 bits per heavy atom. The molecule has 1 N–H and O–H groups in total. The van der Waals surface area contributed by atoms with Gasteiger partial charge in [0.2, 0.25) is 0 Å². The Morgan fingerprint density at radius 3 is 2.50 bits per heavy atom. The van der Waals surface area contributed by atoms with Crippen molar-refractivity contribution in [2.75, 3.05) is 13.2 Å². The summed E-state index contributed by atoms with van der Waals surface area (Å²) in [5.41, 5.74) is 7.97. The van der Waals surface area contributed by atoms with Gasteiger partial charge in [-0.15, -0.1) is 0 Å². The van der Waals surface area contributed by atoms with Crippen LogP contribution in [0.25, 0.3) is 10.4 Å². The van der Waals surface area contributed by atoms with Gasteiger partial charge in [-0.3, -0.25) is 0 Å². The number of aliphatic hydroxyl groups is 1. The number of hydrogen-bond donors (Lipinski definition) is 1. The predicted octanol–water partition coefficient (Wildman–Crippen LogP) is 1.56. The van der Waals surface area contributed by atoms with Crippen LogP contribution in [0.1, 0.15) is 13.8 Å². The minimum Gasteiger partial charge on any atom is -0.396 e. The molecule has 0 saturated carbocycles. The number of rotatable bonds is 4. The number of nitrogens with zero attached hydrogens (tertiary/aromatic N) is 3. The van der Waals surface area contributed by atoms with Crippen LogP contribution in [0.4, 0.5) is 0 Å². The molecule has 1 atom stereocenters. The normalized spacial score (nSPS) is 12.8. The predicted molar refractivity (Wildman–Crippen MR) is 39.4 cm³/mol. The van der Waals surface area contributed by atoms with Crippen LogP contribution in [0.2, 0.25) is 0 Å². The van der Waals surface area contributed by atoms with Crippen LogP contribution in [0.3, 0.4) is 0 Å². The van der Waals surface area contributed by atoms with Gasteiger partial charge in [-0.05, 0) is 17.4 Å². The van der Waals surface area contributed by atoms with Gasteiger partial charge in [-0.25, -0.2) is 0 Å². The standard InChI is InChI=1S/C6H13N3O/c1-5(2)6(4-10)3-8-9-7/h5-6,10H,3-4H2,1-2H3/t6-/m1/s1. The Bertz CT molecular complexity index is 129. The maximum atomic E-state index is 8.74. The van der Waals surface area contributed by atoms with E-state index in [-0.39, 0.29) is 12.5 Å². The van der Waals surface area contributed by atoms with Crippen LogP contribution in [0.15, 0.2) is 5.11 Å². The number of aliphatic hydroxyl groups excluding tert-OH is 1. The summed E-state index contributed by atoms with van der Waals surface area (Å²) >= 11 is 0. The lowest BCUT2D eigenvalue weighted by Crippen LogP contribution is -2.16. The highest BCUT2D eigenvalue weighted by molar-refractivity contribution is 4.64. The molecule has 0 rings (SSSR count). The van der Waals surface area contributed by atoms with Gasteiger partial charge in [0.25, 0.3) is 0 Å². The van der Waals surface area contributed by atoms with Crippen LogP contribution in [0.5, 0.6) is 0 Å². The van der Waals surface area contributed by atoms with Gasteiger partial charge in [0.1, 0.15) is 0 Å². The molecule has 0 aliphatic rings. The average molecular weight is 143 g/mol. The second-order valence-corrected chi connectivity index (χ2v) is 2.60. The summed E-state index contributed by atoms with van der Waals surface area (Å²) in [6.07, 6.45) is 0. The first-order valence-electron chi connectivity index (χ1n) is 3.34. The van der Waals surface area contributed by atoms with E-state index in [0.717, 1.165) is 0 Å². The zero-order chi connectivity index (χ0) is 7.98. The Labute approximate surface area is 60.5 Å². The van der Waals surface area contributed by atoms with Crippen LogP contribution in [0, 0.1) is 11.8 Å². The molecule has 4 heteroatoms. The van der Waals surface area contributed by atoms with E-state index in [4.69, 9.17) is 10.6 Å². The molecule has 0 aromatic rings. The highest BCUT2D eigenvalue weighted by atomic mass is 16.3. The summed E-state index contributed by atoms with van der Waals surface area (Å²) in [7, 11) is 0. The Balaban J connectivity index is 3.70. The third-order valence-corrected chi connectivity index (χ3v) is 1.56. The van der Waals surface area contributed by atoms with E-state index >= 15 is 0 Å². The minimum atomic E-state index is 0.0939. The molecule has 0 radical (unpaired) electrons. The van der Waals surface area contributed by atoms with Crippen molar-refractivity contribution in [1.82, 2.24) is 0 Å². The van der Waals surface area contributed by atoms with Crippen molar-refractivity contribution in [3.05, 3.63) is 10.4 Å². The third kappa shape index (κ3) is 3.33. The van der Waals surface area contributed by atoms with Gasteiger partial charge in [-0.1, -0.05) is 19.0 Å². The summed E-state index contributed by atoms with van der Waals surface area (Å²) in [4.78, 5) is 2.62. The fourth-order valence-corrected chi connectivity index (χ4v) is 0.621. The van der Waals surface area contributed by atoms with E-state index in [0.29, 0.717) is 12.5 Å². The van der Waals surface area contributed by atoms with Crippen molar-refractivity contribution >= 4 is 0 Å². The number of azide groups is 1. The highest BCUT2D eigenvalue weighted by Gasteiger charge is 2.09. The lowest BCUT2D eigenvalue weighted by atomic mass is 9.97.